The second kappa shape index (κ2) is 11.8. The summed E-state index contributed by atoms with van der Waals surface area (Å²) in [4.78, 5) is 34.8. The lowest BCUT2D eigenvalue weighted by atomic mass is 10.1. The molecule has 1 unspecified atom stereocenters. The maximum atomic E-state index is 13.2. The highest BCUT2D eigenvalue weighted by Gasteiger charge is 2.30. The smallest absolute Gasteiger partial charge is 0.254 e. The van der Waals surface area contributed by atoms with E-state index in [0.29, 0.717) is 42.6 Å². The van der Waals surface area contributed by atoms with Crippen LogP contribution in [0.4, 0.5) is 0 Å². The van der Waals surface area contributed by atoms with Gasteiger partial charge in [0.1, 0.15) is 11.3 Å². The molecule has 1 atom stereocenters. The van der Waals surface area contributed by atoms with Gasteiger partial charge in [0.05, 0.1) is 18.4 Å². The van der Waals surface area contributed by atoms with Crippen LogP contribution in [0.5, 0.6) is 5.75 Å². The number of aromatic nitrogens is 4. The van der Waals surface area contributed by atoms with E-state index in [9.17, 15) is 9.59 Å². The van der Waals surface area contributed by atoms with Crippen molar-refractivity contribution < 1.29 is 14.3 Å². The SMILES string of the molecule is COc1cccc(C(=O)N2CCN(C(=O)CSc3nnc4c5cc(C)ccc5n(Cc5ccccc5)c4n3)CC2C)c1. The Hall–Kier alpha value is -4.44. The van der Waals surface area contributed by atoms with Crippen molar-refractivity contribution in [1.82, 2.24) is 29.5 Å². The van der Waals surface area contributed by atoms with Crippen LogP contribution in [0.15, 0.2) is 78.0 Å². The number of carbonyl (C=O) groups excluding carboxylic acids is 2. The first-order chi connectivity index (χ1) is 20.4. The highest BCUT2D eigenvalue weighted by molar-refractivity contribution is 7.99. The number of fused-ring (bicyclic) bond motifs is 3. The summed E-state index contributed by atoms with van der Waals surface area (Å²) < 4.78 is 7.43. The van der Waals surface area contributed by atoms with Gasteiger partial charge in [0.2, 0.25) is 11.1 Å². The highest BCUT2D eigenvalue weighted by atomic mass is 32.2. The largest absolute Gasteiger partial charge is 0.497 e. The lowest BCUT2D eigenvalue weighted by Gasteiger charge is -2.40. The summed E-state index contributed by atoms with van der Waals surface area (Å²) in [5.74, 6) is 0.771. The van der Waals surface area contributed by atoms with Gasteiger partial charge in [-0.15, -0.1) is 10.2 Å². The monoisotopic (exact) mass is 580 g/mol. The zero-order valence-corrected chi connectivity index (χ0v) is 24.7. The summed E-state index contributed by atoms with van der Waals surface area (Å²) in [6, 6.07) is 23.6. The first-order valence-corrected chi connectivity index (χ1v) is 14.9. The molecule has 0 spiro atoms. The Bertz CT molecular complexity index is 1770. The highest BCUT2D eigenvalue weighted by Crippen LogP contribution is 2.29. The molecule has 0 aliphatic carbocycles. The zero-order valence-electron chi connectivity index (χ0n) is 23.9. The Morgan fingerprint density at radius 2 is 1.83 bits per heavy atom. The Balaban J connectivity index is 1.15. The van der Waals surface area contributed by atoms with Gasteiger partial charge in [-0.2, -0.15) is 0 Å². The van der Waals surface area contributed by atoms with Gasteiger partial charge in [0.15, 0.2) is 5.65 Å². The average molecular weight is 581 g/mol. The molecule has 0 saturated carbocycles. The van der Waals surface area contributed by atoms with E-state index in [1.165, 1.54) is 11.8 Å². The van der Waals surface area contributed by atoms with Crippen LogP contribution in [-0.2, 0) is 11.3 Å². The maximum Gasteiger partial charge on any atom is 0.254 e. The Kier molecular flexibility index (Phi) is 7.80. The predicted octanol–water partition coefficient (Wildman–Crippen LogP) is 4.81. The number of nitrogens with zero attached hydrogens (tertiary/aromatic N) is 6. The van der Waals surface area contributed by atoms with E-state index in [2.05, 4.69) is 52.0 Å². The van der Waals surface area contributed by atoms with Gasteiger partial charge in [-0.05, 0) is 49.7 Å². The lowest BCUT2D eigenvalue weighted by Crippen LogP contribution is -2.55. The zero-order chi connectivity index (χ0) is 29.2. The number of ether oxygens (including phenoxy) is 1. The average Bonchev–Trinajstić information content (AvgIpc) is 3.31. The van der Waals surface area contributed by atoms with E-state index in [1.54, 1.807) is 19.2 Å². The molecule has 9 nitrogen and oxygen atoms in total. The van der Waals surface area contributed by atoms with Crippen molar-refractivity contribution >= 4 is 45.6 Å². The molecule has 3 heterocycles. The number of carbonyl (C=O) groups is 2. The quantitative estimate of drug-likeness (QED) is 0.255. The Morgan fingerprint density at radius 1 is 1.00 bits per heavy atom. The number of piperazine rings is 1. The molecule has 214 valence electrons. The van der Waals surface area contributed by atoms with E-state index in [-0.39, 0.29) is 23.6 Å². The normalized spacial score (nSPS) is 15.4. The standard InChI is InChI=1S/C32H32N6O3S/c1-21-12-13-27-26(16-21)29-30(38(27)19-23-8-5-4-6-9-23)33-32(35-34-29)42-20-28(39)36-14-15-37(22(2)18-36)31(40)24-10-7-11-25(17-24)41-3/h4-13,16-17,22H,14-15,18-20H2,1-3H3. The van der Waals surface area contributed by atoms with Crippen LogP contribution in [0.1, 0.15) is 28.4 Å². The van der Waals surface area contributed by atoms with Gasteiger partial charge in [0.25, 0.3) is 5.91 Å². The number of hydrogen-bond donors (Lipinski definition) is 0. The molecule has 3 aromatic carbocycles. The van der Waals surface area contributed by atoms with Crippen LogP contribution in [0, 0.1) is 6.92 Å². The summed E-state index contributed by atoms with van der Waals surface area (Å²) in [6.45, 7) is 6.10. The number of methoxy groups -OCH3 is 1. The van der Waals surface area contributed by atoms with E-state index >= 15 is 0 Å². The summed E-state index contributed by atoms with van der Waals surface area (Å²) in [5, 5.41) is 10.4. The molecule has 1 aliphatic rings. The predicted molar refractivity (Wildman–Crippen MR) is 164 cm³/mol. The first kappa shape index (κ1) is 27.7. The van der Waals surface area contributed by atoms with E-state index in [1.807, 2.05) is 47.1 Å². The summed E-state index contributed by atoms with van der Waals surface area (Å²) in [5.41, 5.74) is 5.45. The lowest BCUT2D eigenvalue weighted by molar-refractivity contribution is -0.130. The number of hydrogen-bond acceptors (Lipinski definition) is 7. The molecule has 2 aromatic heterocycles. The molecular weight excluding hydrogens is 548 g/mol. The third-order valence-corrected chi connectivity index (χ3v) is 8.49. The maximum absolute atomic E-state index is 13.2. The van der Waals surface area contributed by atoms with E-state index in [4.69, 9.17) is 9.72 Å². The molecule has 10 heteroatoms. The molecule has 0 radical (unpaired) electrons. The number of benzene rings is 3. The van der Waals surface area contributed by atoms with Crippen molar-refractivity contribution in [2.75, 3.05) is 32.5 Å². The van der Waals surface area contributed by atoms with Crippen molar-refractivity contribution in [1.29, 1.82) is 0 Å². The second-order valence-electron chi connectivity index (χ2n) is 10.6. The van der Waals surface area contributed by atoms with Gasteiger partial charge < -0.3 is 19.1 Å². The number of rotatable bonds is 7. The molecule has 1 saturated heterocycles. The molecule has 1 fully saturated rings. The topological polar surface area (TPSA) is 93.5 Å². The van der Waals surface area contributed by atoms with Crippen molar-refractivity contribution in [3.63, 3.8) is 0 Å². The van der Waals surface area contributed by atoms with Crippen LogP contribution >= 0.6 is 11.8 Å². The number of aryl methyl sites for hydroxylation is 1. The van der Waals surface area contributed by atoms with Crippen LogP contribution in [0.25, 0.3) is 22.1 Å². The minimum absolute atomic E-state index is 0.00974. The first-order valence-electron chi connectivity index (χ1n) is 13.9. The summed E-state index contributed by atoms with van der Waals surface area (Å²) in [7, 11) is 1.58. The van der Waals surface area contributed by atoms with Gasteiger partial charge in [-0.1, -0.05) is 59.8 Å². The summed E-state index contributed by atoms with van der Waals surface area (Å²) >= 11 is 1.29. The molecule has 1 aliphatic heterocycles. The van der Waals surface area contributed by atoms with E-state index < -0.39 is 0 Å². The molecule has 0 N–H and O–H groups in total. The van der Waals surface area contributed by atoms with Crippen LogP contribution in [0.3, 0.4) is 0 Å². The van der Waals surface area contributed by atoms with Crippen molar-refractivity contribution in [3.05, 3.63) is 89.5 Å². The molecule has 0 bridgehead atoms. The van der Waals surface area contributed by atoms with Crippen LogP contribution in [0.2, 0.25) is 0 Å². The van der Waals surface area contributed by atoms with Crippen molar-refractivity contribution in [3.8, 4) is 5.75 Å². The third kappa shape index (κ3) is 5.54. The molecule has 2 amide bonds. The minimum Gasteiger partial charge on any atom is -0.497 e. The van der Waals surface area contributed by atoms with Crippen molar-refractivity contribution in [2.45, 2.75) is 31.6 Å². The number of thioether (sulfide) groups is 1. The minimum atomic E-state index is -0.113. The second-order valence-corrected chi connectivity index (χ2v) is 11.5. The Labute approximate surface area is 248 Å². The summed E-state index contributed by atoms with van der Waals surface area (Å²) in [6.07, 6.45) is 0. The fraction of sp³-hybridized carbons (Fsp3) is 0.281. The molecule has 42 heavy (non-hydrogen) atoms. The fourth-order valence-corrected chi connectivity index (χ4v) is 6.15. The van der Waals surface area contributed by atoms with Gasteiger partial charge in [0, 0.05) is 43.2 Å². The number of amides is 2. The molecule has 6 rings (SSSR count). The van der Waals surface area contributed by atoms with Crippen molar-refractivity contribution in [2.24, 2.45) is 0 Å². The molecule has 5 aromatic rings. The Morgan fingerprint density at radius 3 is 2.62 bits per heavy atom. The van der Waals surface area contributed by atoms with Gasteiger partial charge in [-0.3, -0.25) is 9.59 Å². The van der Waals surface area contributed by atoms with Crippen LogP contribution < -0.4 is 4.74 Å². The third-order valence-electron chi connectivity index (χ3n) is 7.67. The van der Waals surface area contributed by atoms with Gasteiger partial charge in [-0.25, -0.2) is 4.98 Å². The van der Waals surface area contributed by atoms with E-state index in [0.717, 1.165) is 33.2 Å². The van der Waals surface area contributed by atoms with Crippen LogP contribution in [-0.4, -0.2) is 79.9 Å². The van der Waals surface area contributed by atoms with Gasteiger partial charge >= 0.3 is 0 Å². The molecular formula is C32H32N6O3S. The fourth-order valence-electron chi connectivity index (χ4n) is 5.47.